The van der Waals surface area contributed by atoms with Crippen LogP contribution in [-0.2, 0) is 14.3 Å². The largest absolute Gasteiger partial charge is 0.468 e. The van der Waals surface area contributed by atoms with Gasteiger partial charge in [0.05, 0.1) is 7.11 Å². The third-order valence-electron chi connectivity index (χ3n) is 1.91. The first-order chi connectivity index (χ1) is 5.16. The Morgan fingerprint density at radius 3 is 2.73 bits per heavy atom. The lowest BCUT2D eigenvalue weighted by Gasteiger charge is -2.07. The van der Waals surface area contributed by atoms with E-state index in [1.807, 2.05) is 0 Å². The van der Waals surface area contributed by atoms with E-state index in [0.29, 0.717) is 13.0 Å². The first-order valence-electron chi connectivity index (χ1n) is 3.49. The van der Waals surface area contributed by atoms with Crippen LogP contribution in [0.1, 0.15) is 6.42 Å². The van der Waals surface area contributed by atoms with E-state index in [0.717, 1.165) is 0 Å². The van der Waals surface area contributed by atoms with Crippen LogP contribution in [0.2, 0.25) is 0 Å². The lowest BCUT2D eigenvalue weighted by Crippen LogP contribution is -2.27. The summed E-state index contributed by atoms with van der Waals surface area (Å²) in [5.74, 6) is -1.10. The highest BCUT2D eigenvalue weighted by atomic mass is 16.5. The second-order valence-electron chi connectivity index (χ2n) is 2.62. The fourth-order valence-corrected chi connectivity index (χ4v) is 1.18. The molecule has 0 aromatic carbocycles. The van der Waals surface area contributed by atoms with Crippen molar-refractivity contribution >= 4 is 11.9 Å². The topological polar surface area (TPSA) is 46.6 Å². The molecule has 0 aromatic rings. The molecule has 1 atom stereocenters. The van der Waals surface area contributed by atoms with Crippen LogP contribution in [0.15, 0.2) is 0 Å². The van der Waals surface area contributed by atoms with E-state index in [1.54, 1.807) is 11.9 Å². The fourth-order valence-electron chi connectivity index (χ4n) is 1.18. The number of hydrogen-bond acceptors (Lipinski definition) is 3. The number of hydrogen-bond donors (Lipinski definition) is 0. The van der Waals surface area contributed by atoms with Gasteiger partial charge in [-0.1, -0.05) is 0 Å². The van der Waals surface area contributed by atoms with Gasteiger partial charge in [-0.05, 0) is 6.42 Å². The Morgan fingerprint density at radius 1 is 1.73 bits per heavy atom. The number of methoxy groups -OCH3 is 1. The van der Waals surface area contributed by atoms with E-state index in [1.165, 1.54) is 7.11 Å². The van der Waals surface area contributed by atoms with Crippen LogP contribution in [-0.4, -0.2) is 37.5 Å². The number of carbonyl (C=O) groups excluding carboxylic acids is 2. The van der Waals surface area contributed by atoms with E-state index >= 15 is 0 Å². The Bertz CT molecular complexity index is 190. The van der Waals surface area contributed by atoms with E-state index in [2.05, 4.69) is 4.74 Å². The Balaban J connectivity index is 2.62. The number of nitrogens with zero attached hydrogens (tertiary/aromatic N) is 1. The third-order valence-corrected chi connectivity index (χ3v) is 1.91. The van der Waals surface area contributed by atoms with Crippen molar-refractivity contribution in [3.05, 3.63) is 0 Å². The molecule has 62 valence electrons. The van der Waals surface area contributed by atoms with Crippen LogP contribution in [0.25, 0.3) is 0 Å². The second-order valence-corrected chi connectivity index (χ2v) is 2.62. The van der Waals surface area contributed by atoms with Gasteiger partial charge in [-0.3, -0.25) is 9.59 Å². The normalized spacial score (nSPS) is 24.0. The maximum Gasteiger partial charge on any atom is 0.318 e. The zero-order valence-electron chi connectivity index (χ0n) is 6.66. The molecule has 4 heteroatoms. The van der Waals surface area contributed by atoms with Gasteiger partial charge in [-0.2, -0.15) is 0 Å². The first-order valence-corrected chi connectivity index (χ1v) is 3.49. The Kier molecular flexibility index (Phi) is 2.12. The number of amides is 1. The van der Waals surface area contributed by atoms with E-state index in [-0.39, 0.29) is 5.91 Å². The summed E-state index contributed by atoms with van der Waals surface area (Å²) in [6.45, 7) is 0.651. The highest BCUT2D eigenvalue weighted by molar-refractivity contribution is 5.99. The van der Waals surface area contributed by atoms with Crippen molar-refractivity contribution < 1.29 is 14.3 Å². The van der Waals surface area contributed by atoms with Gasteiger partial charge in [0.1, 0.15) is 5.92 Å². The Morgan fingerprint density at radius 2 is 2.36 bits per heavy atom. The van der Waals surface area contributed by atoms with Crippen LogP contribution in [0, 0.1) is 5.92 Å². The van der Waals surface area contributed by atoms with Crippen LogP contribution in [0.3, 0.4) is 0 Å². The van der Waals surface area contributed by atoms with Crippen molar-refractivity contribution in [1.29, 1.82) is 0 Å². The minimum atomic E-state index is -0.551. The molecule has 0 unspecified atom stereocenters. The molecule has 11 heavy (non-hydrogen) atoms. The minimum Gasteiger partial charge on any atom is -0.468 e. The molecule has 1 aliphatic heterocycles. The average molecular weight is 157 g/mol. The van der Waals surface area contributed by atoms with Crippen molar-refractivity contribution in [2.24, 2.45) is 5.92 Å². The standard InChI is InChI=1S/C7H11NO3/c1-8-4-3-5(6(8)9)7(10)11-2/h5H,3-4H2,1-2H3/t5-/m0/s1. The van der Waals surface area contributed by atoms with Gasteiger partial charge >= 0.3 is 5.97 Å². The van der Waals surface area contributed by atoms with Crippen molar-refractivity contribution in [3.63, 3.8) is 0 Å². The predicted molar refractivity (Wildman–Crippen MR) is 37.8 cm³/mol. The van der Waals surface area contributed by atoms with Crippen molar-refractivity contribution in [2.75, 3.05) is 20.7 Å². The summed E-state index contributed by atoms with van der Waals surface area (Å²) >= 11 is 0. The number of rotatable bonds is 1. The predicted octanol–water partition coefficient (Wildman–Crippen LogP) is -0.362. The van der Waals surface area contributed by atoms with Crippen LogP contribution < -0.4 is 0 Å². The Labute approximate surface area is 65.1 Å². The van der Waals surface area contributed by atoms with Gasteiger partial charge < -0.3 is 9.64 Å². The molecule has 1 saturated heterocycles. The molecule has 0 aliphatic carbocycles. The molecular weight excluding hydrogens is 146 g/mol. The third kappa shape index (κ3) is 1.34. The molecule has 0 bridgehead atoms. The zero-order chi connectivity index (χ0) is 8.43. The van der Waals surface area contributed by atoms with E-state index in [9.17, 15) is 9.59 Å². The van der Waals surface area contributed by atoms with Gasteiger partial charge in [-0.15, -0.1) is 0 Å². The van der Waals surface area contributed by atoms with Crippen molar-refractivity contribution in [2.45, 2.75) is 6.42 Å². The Hall–Kier alpha value is -1.06. The smallest absolute Gasteiger partial charge is 0.318 e. The quantitative estimate of drug-likeness (QED) is 0.385. The summed E-state index contributed by atoms with van der Waals surface area (Å²) in [5.41, 5.74) is 0. The molecular formula is C7H11NO3. The second kappa shape index (κ2) is 2.90. The number of ether oxygens (including phenoxy) is 1. The monoisotopic (exact) mass is 157 g/mol. The summed E-state index contributed by atoms with van der Waals surface area (Å²) < 4.78 is 4.47. The molecule has 1 aliphatic rings. The molecule has 0 radical (unpaired) electrons. The highest BCUT2D eigenvalue weighted by Gasteiger charge is 2.35. The summed E-state index contributed by atoms with van der Waals surface area (Å²) in [4.78, 5) is 23.6. The van der Waals surface area contributed by atoms with Gasteiger partial charge in [0, 0.05) is 13.6 Å². The highest BCUT2D eigenvalue weighted by Crippen LogP contribution is 2.16. The summed E-state index contributed by atoms with van der Waals surface area (Å²) in [6, 6.07) is 0. The van der Waals surface area contributed by atoms with Gasteiger partial charge in [0.2, 0.25) is 5.91 Å². The van der Waals surface area contributed by atoms with Gasteiger partial charge in [-0.25, -0.2) is 0 Å². The molecule has 1 amide bonds. The lowest BCUT2D eigenvalue weighted by molar-refractivity contribution is -0.150. The summed E-state index contributed by atoms with van der Waals surface area (Å²) in [7, 11) is 2.99. The van der Waals surface area contributed by atoms with Crippen LogP contribution >= 0.6 is 0 Å². The van der Waals surface area contributed by atoms with Gasteiger partial charge in [0.15, 0.2) is 0 Å². The molecule has 1 heterocycles. The molecule has 1 rings (SSSR count). The number of esters is 1. The molecule has 0 spiro atoms. The first kappa shape index (κ1) is 8.04. The summed E-state index contributed by atoms with van der Waals surface area (Å²) in [5, 5.41) is 0. The molecule has 1 fully saturated rings. The van der Waals surface area contributed by atoms with Crippen molar-refractivity contribution in [3.8, 4) is 0 Å². The molecule has 4 nitrogen and oxygen atoms in total. The number of carbonyl (C=O) groups is 2. The maximum absolute atomic E-state index is 11.1. The molecule has 0 aromatic heterocycles. The summed E-state index contributed by atoms with van der Waals surface area (Å²) in [6.07, 6.45) is 0.585. The van der Waals surface area contributed by atoms with Crippen LogP contribution in [0.5, 0.6) is 0 Å². The van der Waals surface area contributed by atoms with Gasteiger partial charge in [0.25, 0.3) is 0 Å². The zero-order valence-corrected chi connectivity index (χ0v) is 6.66. The lowest BCUT2D eigenvalue weighted by atomic mass is 10.1. The number of likely N-dealkylation sites (tertiary alicyclic amines) is 1. The van der Waals surface area contributed by atoms with Crippen LogP contribution in [0.4, 0.5) is 0 Å². The van der Waals surface area contributed by atoms with Crippen molar-refractivity contribution in [1.82, 2.24) is 4.90 Å². The molecule has 0 N–H and O–H groups in total. The maximum atomic E-state index is 11.1. The van der Waals surface area contributed by atoms with E-state index in [4.69, 9.17) is 0 Å². The molecule has 0 saturated carbocycles. The van der Waals surface area contributed by atoms with E-state index < -0.39 is 11.9 Å². The average Bonchev–Trinajstić information content (AvgIpc) is 2.32. The fraction of sp³-hybridized carbons (Fsp3) is 0.714. The SMILES string of the molecule is COC(=O)[C@H]1CCN(C)C1=O. The minimum absolute atomic E-state index is 0.128.